The lowest BCUT2D eigenvalue weighted by Crippen LogP contribution is -1.93. The van der Waals surface area contributed by atoms with E-state index in [2.05, 4.69) is 65.1 Å². The van der Waals surface area contributed by atoms with Crippen molar-refractivity contribution in [1.29, 1.82) is 0 Å². The fourth-order valence-electron chi connectivity index (χ4n) is 3.38. The largest absolute Gasteiger partial charge is 0.248 e. The number of hydrogen-bond acceptors (Lipinski definition) is 2. The van der Waals surface area contributed by atoms with E-state index >= 15 is 0 Å². The Balaban J connectivity index is 1.57. The number of rotatable bonds is 10. The first kappa shape index (κ1) is 20.9. The monoisotopic (exact) mass is 388 g/mol. The number of aryl methyl sites for hydroxylation is 1. The van der Waals surface area contributed by atoms with E-state index in [4.69, 9.17) is 0 Å². The van der Waals surface area contributed by atoms with Crippen molar-refractivity contribution in [3.63, 3.8) is 0 Å². The number of hydrogen-bond donors (Lipinski definition) is 0. The Hall–Kier alpha value is -2.81. The molecule has 0 bridgehead atoms. The van der Waals surface area contributed by atoms with E-state index in [1.54, 1.807) is 6.92 Å². The Morgan fingerprint density at radius 1 is 0.828 bits per heavy atom. The standard InChI is InChI=1S/C26H29FN2/c1-3-7-22-18-28-26(29-19-22)25-16-14-24(15-17-25)23-12-10-21(11-13-23)9-6-4-5-8-20(2)27/h3,10-20H,1,4-9H2,2H3. The third kappa shape index (κ3) is 6.35. The van der Waals surface area contributed by atoms with Gasteiger partial charge in [-0.15, -0.1) is 6.58 Å². The Bertz CT molecular complexity index is 882. The fourth-order valence-corrected chi connectivity index (χ4v) is 3.38. The van der Waals surface area contributed by atoms with Gasteiger partial charge in [0.25, 0.3) is 0 Å². The van der Waals surface area contributed by atoms with E-state index in [0.717, 1.165) is 49.1 Å². The number of unbranched alkanes of at least 4 members (excludes halogenated alkanes) is 2. The quantitative estimate of drug-likeness (QED) is 0.276. The van der Waals surface area contributed by atoms with Crippen LogP contribution in [0, 0.1) is 0 Å². The maximum Gasteiger partial charge on any atom is 0.159 e. The van der Waals surface area contributed by atoms with Crippen LogP contribution >= 0.6 is 0 Å². The van der Waals surface area contributed by atoms with Gasteiger partial charge in [-0.25, -0.2) is 14.4 Å². The van der Waals surface area contributed by atoms with Crippen molar-refractivity contribution >= 4 is 0 Å². The van der Waals surface area contributed by atoms with E-state index in [1.807, 2.05) is 18.5 Å². The van der Waals surface area contributed by atoms with Gasteiger partial charge in [0.15, 0.2) is 5.82 Å². The summed E-state index contributed by atoms with van der Waals surface area (Å²) in [5, 5.41) is 0. The number of halogens is 1. The van der Waals surface area contributed by atoms with Gasteiger partial charge in [0.1, 0.15) is 0 Å². The minimum Gasteiger partial charge on any atom is -0.248 e. The molecule has 3 rings (SSSR count). The van der Waals surface area contributed by atoms with Crippen molar-refractivity contribution < 1.29 is 4.39 Å². The predicted octanol–water partition coefficient (Wildman–Crippen LogP) is 7.00. The van der Waals surface area contributed by atoms with Crippen LogP contribution in [0.1, 0.15) is 43.7 Å². The third-order valence-electron chi connectivity index (χ3n) is 5.08. The molecule has 2 aromatic carbocycles. The molecule has 0 fully saturated rings. The molecule has 3 aromatic rings. The average Bonchev–Trinajstić information content (AvgIpc) is 2.75. The second kappa shape index (κ2) is 10.7. The number of aromatic nitrogens is 2. The van der Waals surface area contributed by atoms with Crippen LogP contribution in [0.25, 0.3) is 22.5 Å². The molecule has 0 N–H and O–H groups in total. The van der Waals surface area contributed by atoms with Crippen molar-refractivity contribution in [2.45, 2.75) is 51.6 Å². The van der Waals surface area contributed by atoms with Gasteiger partial charge < -0.3 is 0 Å². The Morgan fingerprint density at radius 3 is 2.00 bits per heavy atom. The highest BCUT2D eigenvalue weighted by molar-refractivity contribution is 5.67. The van der Waals surface area contributed by atoms with Gasteiger partial charge in [-0.3, -0.25) is 0 Å². The molecule has 150 valence electrons. The van der Waals surface area contributed by atoms with Gasteiger partial charge >= 0.3 is 0 Å². The topological polar surface area (TPSA) is 25.8 Å². The molecule has 3 heteroatoms. The maximum atomic E-state index is 12.8. The van der Waals surface area contributed by atoms with Gasteiger partial charge in [-0.05, 0) is 54.9 Å². The molecular formula is C26H29FN2. The highest BCUT2D eigenvalue weighted by Crippen LogP contribution is 2.24. The molecule has 1 unspecified atom stereocenters. The molecule has 0 radical (unpaired) electrons. The highest BCUT2D eigenvalue weighted by atomic mass is 19.1. The van der Waals surface area contributed by atoms with Crippen LogP contribution in [0.3, 0.4) is 0 Å². The first-order valence-corrected chi connectivity index (χ1v) is 10.4. The summed E-state index contributed by atoms with van der Waals surface area (Å²) in [6.45, 7) is 5.38. The van der Waals surface area contributed by atoms with E-state index < -0.39 is 6.17 Å². The molecule has 0 aliphatic heterocycles. The van der Waals surface area contributed by atoms with Crippen LogP contribution in [0.15, 0.2) is 73.6 Å². The van der Waals surface area contributed by atoms with Crippen molar-refractivity contribution in [3.8, 4) is 22.5 Å². The van der Waals surface area contributed by atoms with E-state index in [-0.39, 0.29) is 0 Å². The summed E-state index contributed by atoms with van der Waals surface area (Å²) in [7, 11) is 0. The molecule has 1 aromatic heterocycles. The van der Waals surface area contributed by atoms with Crippen molar-refractivity contribution in [2.75, 3.05) is 0 Å². The second-order valence-corrected chi connectivity index (χ2v) is 7.56. The lowest BCUT2D eigenvalue weighted by molar-refractivity contribution is 0.330. The summed E-state index contributed by atoms with van der Waals surface area (Å²) in [6.07, 6.45) is 10.6. The zero-order valence-electron chi connectivity index (χ0n) is 17.2. The SMILES string of the molecule is C=CCc1cnc(-c2ccc(-c3ccc(CCCCCC(C)F)cc3)cc2)nc1. The van der Waals surface area contributed by atoms with Crippen molar-refractivity contribution in [2.24, 2.45) is 0 Å². The van der Waals surface area contributed by atoms with E-state index in [9.17, 15) is 4.39 Å². The van der Waals surface area contributed by atoms with Gasteiger partial charge in [0.05, 0.1) is 6.17 Å². The van der Waals surface area contributed by atoms with Crippen LogP contribution in [0.5, 0.6) is 0 Å². The Kier molecular flexibility index (Phi) is 7.69. The van der Waals surface area contributed by atoms with Gasteiger partial charge in [0, 0.05) is 18.0 Å². The van der Waals surface area contributed by atoms with Gasteiger partial charge in [0.2, 0.25) is 0 Å². The smallest absolute Gasteiger partial charge is 0.159 e. The molecule has 0 amide bonds. The number of alkyl halides is 1. The average molecular weight is 389 g/mol. The van der Waals surface area contributed by atoms with Crippen LogP contribution in [-0.2, 0) is 12.8 Å². The van der Waals surface area contributed by atoms with Crippen molar-refractivity contribution in [3.05, 3.63) is 84.7 Å². The lowest BCUT2D eigenvalue weighted by Gasteiger charge is -2.07. The second-order valence-electron chi connectivity index (χ2n) is 7.56. The minimum absolute atomic E-state index is 0.677. The van der Waals surface area contributed by atoms with Crippen LogP contribution in [0.4, 0.5) is 4.39 Å². The third-order valence-corrected chi connectivity index (χ3v) is 5.08. The zero-order chi connectivity index (χ0) is 20.5. The van der Waals surface area contributed by atoms with Crippen molar-refractivity contribution in [1.82, 2.24) is 9.97 Å². The van der Waals surface area contributed by atoms with Crippen LogP contribution < -0.4 is 0 Å². The fraction of sp³-hybridized carbons (Fsp3) is 0.308. The van der Waals surface area contributed by atoms with Gasteiger partial charge in [-0.2, -0.15) is 0 Å². The summed E-state index contributed by atoms with van der Waals surface area (Å²) in [5.41, 5.74) is 5.80. The minimum atomic E-state index is -0.677. The number of benzene rings is 2. The van der Waals surface area contributed by atoms with Gasteiger partial charge in [-0.1, -0.05) is 67.4 Å². The molecular weight excluding hydrogens is 359 g/mol. The number of nitrogens with zero attached hydrogens (tertiary/aromatic N) is 2. The summed E-state index contributed by atoms with van der Waals surface area (Å²) >= 11 is 0. The summed E-state index contributed by atoms with van der Waals surface area (Å²) in [4.78, 5) is 8.91. The van der Waals surface area contributed by atoms with Crippen LogP contribution in [-0.4, -0.2) is 16.1 Å². The summed E-state index contributed by atoms with van der Waals surface area (Å²) in [5.74, 6) is 0.738. The molecule has 0 aliphatic rings. The molecule has 0 spiro atoms. The van der Waals surface area contributed by atoms with E-state index in [0.29, 0.717) is 6.42 Å². The zero-order valence-corrected chi connectivity index (χ0v) is 17.2. The first-order valence-electron chi connectivity index (χ1n) is 10.4. The summed E-state index contributed by atoms with van der Waals surface area (Å²) in [6, 6.07) is 17.1. The molecule has 0 saturated carbocycles. The normalized spacial score (nSPS) is 11.9. The summed E-state index contributed by atoms with van der Waals surface area (Å²) < 4.78 is 12.8. The molecule has 1 atom stereocenters. The Morgan fingerprint density at radius 2 is 1.41 bits per heavy atom. The predicted molar refractivity (Wildman–Crippen MR) is 120 cm³/mol. The maximum absolute atomic E-state index is 12.8. The molecule has 1 heterocycles. The molecule has 0 saturated heterocycles. The lowest BCUT2D eigenvalue weighted by atomic mass is 10.00. The number of allylic oxidation sites excluding steroid dienone is 1. The Labute approximate surface area is 173 Å². The van der Waals surface area contributed by atoms with E-state index in [1.165, 1.54) is 16.7 Å². The molecule has 0 aliphatic carbocycles. The molecule has 2 nitrogen and oxygen atoms in total. The highest BCUT2D eigenvalue weighted by Gasteiger charge is 2.04. The van der Waals surface area contributed by atoms with Crippen LogP contribution in [0.2, 0.25) is 0 Å². The molecule has 29 heavy (non-hydrogen) atoms. The first-order chi connectivity index (χ1) is 14.2.